The molecule has 1 amide bonds. The van der Waals surface area contributed by atoms with Crippen LogP contribution in [0.5, 0.6) is 0 Å². The predicted molar refractivity (Wildman–Crippen MR) is 94.5 cm³/mol. The fourth-order valence-corrected chi connectivity index (χ4v) is 2.47. The fourth-order valence-electron chi connectivity index (χ4n) is 1.99. The van der Waals surface area contributed by atoms with Gasteiger partial charge in [0.25, 0.3) is 5.91 Å². The van der Waals surface area contributed by atoms with Crippen LogP contribution in [0, 0.1) is 13.8 Å². The second-order valence-corrected chi connectivity index (χ2v) is 6.23. The second-order valence-electron chi connectivity index (χ2n) is 5.39. The van der Waals surface area contributed by atoms with Gasteiger partial charge in [0, 0.05) is 16.6 Å². The number of esters is 1. The summed E-state index contributed by atoms with van der Waals surface area (Å²) in [4.78, 5) is 23.7. The van der Waals surface area contributed by atoms with Crippen LogP contribution in [0.1, 0.15) is 27.0 Å². The molecule has 0 aromatic heterocycles. The first-order valence-corrected chi connectivity index (χ1v) is 8.07. The van der Waals surface area contributed by atoms with Gasteiger partial charge in [0.05, 0.1) is 5.56 Å². The van der Waals surface area contributed by atoms with Crippen LogP contribution in [-0.2, 0) is 16.1 Å². The van der Waals surface area contributed by atoms with E-state index in [0.717, 1.165) is 16.7 Å². The number of ether oxygens (including phenoxy) is 1. The number of hydrogen-bond acceptors (Lipinski definition) is 3. The van der Waals surface area contributed by atoms with Gasteiger partial charge in [0.1, 0.15) is 0 Å². The third-order valence-corrected chi connectivity index (χ3v) is 4.16. The molecule has 0 unspecified atom stereocenters. The maximum Gasteiger partial charge on any atom is 0.338 e. The molecule has 6 heteroatoms. The molecule has 24 heavy (non-hydrogen) atoms. The van der Waals surface area contributed by atoms with Crippen molar-refractivity contribution in [2.24, 2.45) is 0 Å². The zero-order valence-corrected chi connectivity index (χ0v) is 14.9. The van der Waals surface area contributed by atoms with E-state index in [9.17, 15) is 9.59 Å². The Morgan fingerprint density at radius 1 is 1.04 bits per heavy atom. The SMILES string of the molecule is Cc1ccc(C(=O)OCC(=O)NCc2ccc(Cl)cc2Cl)cc1C. The minimum absolute atomic E-state index is 0.232. The van der Waals surface area contributed by atoms with E-state index in [-0.39, 0.29) is 13.2 Å². The van der Waals surface area contributed by atoms with Crippen molar-refractivity contribution in [1.29, 1.82) is 0 Å². The number of nitrogens with one attached hydrogen (secondary N) is 1. The molecule has 0 atom stereocenters. The van der Waals surface area contributed by atoms with Gasteiger partial charge in [-0.2, -0.15) is 0 Å². The molecule has 0 saturated carbocycles. The Hall–Kier alpha value is -2.04. The van der Waals surface area contributed by atoms with Crippen LogP contribution in [0.15, 0.2) is 36.4 Å². The third-order valence-electron chi connectivity index (χ3n) is 3.57. The molecule has 126 valence electrons. The zero-order chi connectivity index (χ0) is 17.7. The van der Waals surface area contributed by atoms with Crippen molar-refractivity contribution in [1.82, 2.24) is 5.32 Å². The zero-order valence-electron chi connectivity index (χ0n) is 13.4. The molecule has 0 aliphatic heterocycles. The van der Waals surface area contributed by atoms with Crippen molar-refractivity contribution in [3.63, 3.8) is 0 Å². The molecule has 1 N–H and O–H groups in total. The van der Waals surface area contributed by atoms with Gasteiger partial charge in [-0.05, 0) is 54.8 Å². The molecule has 0 fully saturated rings. The average molecular weight is 366 g/mol. The van der Waals surface area contributed by atoms with E-state index in [4.69, 9.17) is 27.9 Å². The van der Waals surface area contributed by atoms with Gasteiger partial charge in [-0.25, -0.2) is 4.79 Å². The highest BCUT2D eigenvalue weighted by atomic mass is 35.5. The molecular weight excluding hydrogens is 349 g/mol. The summed E-state index contributed by atoms with van der Waals surface area (Å²) < 4.78 is 5.02. The van der Waals surface area contributed by atoms with E-state index in [1.165, 1.54) is 0 Å². The van der Waals surface area contributed by atoms with E-state index < -0.39 is 11.9 Å². The summed E-state index contributed by atoms with van der Waals surface area (Å²) in [5.74, 6) is -0.934. The molecule has 0 radical (unpaired) electrons. The lowest BCUT2D eigenvalue weighted by Gasteiger charge is -2.09. The lowest BCUT2D eigenvalue weighted by molar-refractivity contribution is -0.124. The summed E-state index contributed by atoms with van der Waals surface area (Å²) >= 11 is 11.8. The summed E-state index contributed by atoms with van der Waals surface area (Å²) in [5.41, 5.74) is 3.23. The summed E-state index contributed by atoms with van der Waals surface area (Å²) in [6.45, 7) is 3.75. The molecule has 0 spiro atoms. The van der Waals surface area contributed by atoms with Crippen molar-refractivity contribution >= 4 is 35.1 Å². The smallest absolute Gasteiger partial charge is 0.338 e. The molecule has 4 nitrogen and oxygen atoms in total. The average Bonchev–Trinajstić information content (AvgIpc) is 2.54. The number of hydrogen-bond donors (Lipinski definition) is 1. The van der Waals surface area contributed by atoms with Crippen molar-refractivity contribution in [3.05, 3.63) is 68.7 Å². The number of benzene rings is 2. The summed E-state index contributed by atoms with van der Waals surface area (Å²) in [6.07, 6.45) is 0. The first-order valence-electron chi connectivity index (χ1n) is 7.32. The number of carbonyl (C=O) groups excluding carboxylic acids is 2. The molecule has 2 aromatic rings. The lowest BCUT2D eigenvalue weighted by atomic mass is 10.1. The van der Waals surface area contributed by atoms with Crippen LogP contribution in [-0.4, -0.2) is 18.5 Å². The first kappa shape index (κ1) is 18.3. The van der Waals surface area contributed by atoms with Crippen LogP contribution in [0.3, 0.4) is 0 Å². The molecule has 0 saturated heterocycles. The van der Waals surface area contributed by atoms with Gasteiger partial charge in [0.15, 0.2) is 6.61 Å². The van der Waals surface area contributed by atoms with Gasteiger partial charge in [0.2, 0.25) is 0 Å². The fraction of sp³-hybridized carbons (Fsp3) is 0.222. The standard InChI is InChI=1S/C18H17Cl2NO3/c1-11-3-4-13(7-12(11)2)18(23)24-10-17(22)21-9-14-5-6-15(19)8-16(14)20/h3-8H,9-10H2,1-2H3,(H,21,22). The highest BCUT2D eigenvalue weighted by Gasteiger charge is 2.11. The van der Waals surface area contributed by atoms with E-state index in [1.54, 1.807) is 30.3 Å². The van der Waals surface area contributed by atoms with E-state index in [0.29, 0.717) is 15.6 Å². The maximum atomic E-state index is 11.9. The van der Waals surface area contributed by atoms with Crippen molar-refractivity contribution < 1.29 is 14.3 Å². The van der Waals surface area contributed by atoms with Gasteiger partial charge in [-0.1, -0.05) is 35.3 Å². The molecular formula is C18H17Cl2NO3. The van der Waals surface area contributed by atoms with Crippen LogP contribution in [0.4, 0.5) is 0 Å². The molecule has 2 rings (SSSR count). The number of halogens is 2. The summed E-state index contributed by atoms with van der Waals surface area (Å²) in [6, 6.07) is 10.3. The summed E-state index contributed by atoms with van der Waals surface area (Å²) in [5, 5.41) is 3.64. The minimum atomic E-state index is -0.530. The number of carbonyl (C=O) groups is 2. The van der Waals surface area contributed by atoms with Gasteiger partial charge in [-0.3, -0.25) is 4.79 Å². The summed E-state index contributed by atoms with van der Waals surface area (Å²) in [7, 11) is 0. The van der Waals surface area contributed by atoms with Gasteiger partial charge in [-0.15, -0.1) is 0 Å². The topological polar surface area (TPSA) is 55.4 Å². The van der Waals surface area contributed by atoms with Crippen molar-refractivity contribution in [2.45, 2.75) is 20.4 Å². The number of rotatable bonds is 5. The Kier molecular flexibility index (Phi) is 6.23. The van der Waals surface area contributed by atoms with Crippen molar-refractivity contribution in [3.8, 4) is 0 Å². The highest BCUT2D eigenvalue weighted by molar-refractivity contribution is 6.35. The first-order chi connectivity index (χ1) is 11.4. The Bertz CT molecular complexity index is 775. The Morgan fingerprint density at radius 2 is 1.79 bits per heavy atom. The Morgan fingerprint density at radius 3 is 2.46 bits per heavy atom. The molecule has 0 aliphatic carbocycles. The predicted octanol–water partition coefficient (Wildman–Crippen LogP) is 4.08. The number of amides is 1. The molecule has 0 aliphatic rings. The quantitative estimate of drug-likeness (QED) is 0.812. The normalized spacial score (nSPS) is 10.3. The van der Waals surface area contributed by atoms with Crippen molar-refractivity contribution in [2.75, 3.05) is 6.61 Å². The largest absolute Gasteiger partial charge is 0.452 e. The van der Waals surface area contributed by atoms with Crippen LogP contribution < -0.4 is 5.32 Å². The van der Waals surface area contributed by atoms with Crippen LogP contribution in [0.25, 0.3) is 0 Å². The van der Waals surface area contributed by atoms with Gasteiger partial charge >= 0.3 is 5.97 Å². The second kappa shape index (κ2) is 8.18. The van der Waals surface area contributed by atoms with Gasteiger partial charge < -0.3 is 10.1 Å². The molecule has 2 aromatic carbocycles. The maximum absolute atomic E-state index is 11.9. The molecule has 0 bridgehead atoms. The van der Waals surface area contributed by atoms with Crippen LogP contribution in [0.2, 0.25) is 10.0 Å². The monoisotopic (exact) mass is 365 g/mol. The molecule has 0 heterocycles. The third kappa shape index (κ3) is 4.98. The lowest BCUT2D eigenvalue weighted by Crippen LogP contribution is -2.28. The van der Waals surface area contributed by atoms with E-state index >= 15 is 0 Å². The van der Waals surface area contributed by atoms with E-state index in [2.05, 4.69) is 5.32 Å². The number of aryl methyl sites for hydroxylation is 2. The minimum Gasteiger partial charge on any atom is -0.452 e. The van der Waals surface area contributed by atoms with E-state index in [1.807, 2.05) is 19.9 Å². The highest BCUT2D eigenvalue weighted by Crippen LogP contribution is 2.20. The Balaban J connectivity index is 1.84. The Labute approximate surface area is 150 Å². The van der Waals surface area contributed by atoms with Crippen LogP contribution >= 0.6 is 23.2 Å².